The van der Waals surface area contributed by atoms with E-state index in [1.165, 1.54) is 25.7 Å². The molecule has 0 unspecified atom stereocenters. The zero-order valence-corrected chi connectivity index (χ0v) is 18.0. The summed E-state index contributed by atoms with van der Waals surface area (Å²) in [5.41, 5.74) is 0.745. The lowest BCUT2D eigenvalue weighted by Crippen LogP contribution is -2.43. The van der Waals surface area contributed by atoms with E-state index in [0.717, 1.165) is 36.7 Å². The summed E-state index contributed by atoms with van der Waals surface area (Å²) in [6.45, 7) is 4.67. The van der Waals surface area contributed by atoms with Crippen molar-refractivity contribution in [2.45, 2.75) is 57.9 Å². The Bertz CT molecular complexity index is 715. The van der Waals surface area contributed by atoms with Crippen LogP contribution in [-0.2, 0) is 21.2 Å². The van der Waals surface area contributed by atoms with E-state index in [1.807, 2.05) is 12.1 Å². The van der Waals surface area contributed by atoms with Crippen LogP contribution in [0.3, 0.4) is 0 Å². The van der Waals surface area contributed by atoms with Crippen LogP contribution >= 0.6 is 0 Å². The molecule has 7 nitrogen and oxygen atoms in total. The number of carboxylic acid groups (broad SMARTS) is 1. The maximum Gasteiger partial charge on any atom is 0.322 e. The van der Waals surface area contributed by atoms with Gasteiger partial charge in [0.1, 0.15) is 11.8 Å². The van der Waals surface area contributed by atoms with E-state index in [1.54, 1.807) is 19.1 Å². The fraction of sp³-hybridized carbons (Fsp3) is 0.667. The lowest BCUT2D eigenvalue weighted by Gasteiger charge is -2.22. The highest BCUT2D eigenvalue weighted by Crippen LogP contribution is 2.19. The van der Waals surface area contributed by atoms with Crippen LogP contribution in [0.1, 0.15) is 51.0 Å². The number of ether oxygens (including phenoxy) is 1. The predicted octanol–water partition coefficient (Wildman–Crippen LogP) is 2.56. The molecule has 1 heterocycles. The molecule has 0 bridgehead atoms. The fourth-order valence-electron chi connectivity index (χ4n) is 3.58. The number of carbonyl (C=O) groups is 1. The molecule has 2 rings (SSSR count). The van der Waals surface area contributed by atoms with Crippen LogP contribution in [0, 0.1) is 5.92 Å². The first kappa shape index (κ1) is 23.6. The highest BCUT2D eigenvalue weighted by Gasteiger charge is 2.23. The van der Waals surface area contributed by atoms with E-state index in [9.17, 15) is 18.3 Å². The van der Waals surface area contributed by atoms with Gasteiger partial charge in [-0.15, -0.1) is 0 Å². The SMILES string of the molecule is CCCS(=O)(=O)N[C@H](Cc1ccc(OCCCCC2CCNCC2)cc1)C(=O)O. The van der Waals surface area contributed by atoms with Crippen molar-refractivity contribution in [1.82, 2.24) is 10.0 Å². The number of carboxylic acids is 1. The molecule has 1 aliphatic rings. The summed E-state index contributed by atoms with van der Waals surface area (Å²) >= 11 is 0. The van der Waals surface area contributed by atoms with E-state index in [-0.39, 0.29) is 12.2 Å². The van der Waals surface area contributed by atoms with Crippen LogP contribution in [0.2, 0.25) is 0 Å². The summed E-state index contributed by atoms with van der Waals surface area (Å²) in [6, 6.07) is 6.01. The molecule has 0 spiro atoms. The lowest BCUT2D eigenvalue weighted by atomic mass is 9.93. The normalized spacial score (nSPS) is 16.4. The molecule has 29 heavy (non-hydrogen) atoms. The number of sulfonamides is 1. The number of benzene rings is 1. The maximum absolute atomic E-state index is 11.9. The summed E-state index contributed by atoms with van der Waals surface area (Å²) in [5.74, 6) is 0.321. The first-order chi connectivity index (χ1) is 13.9. The molecule has 8 heteroatoms. The fourth-order valence-corrected chi connectivity index (χ4v) is 4.85. The number of hydrogen-bond acceptors (Lipinski definition) is 5. The molecule has 0 radical (unpaired) electrons. The van der Waals surface area contributed by atoms with Crippen LogP contribution < -0.4 is 14.8 Å². The molecule has 0 aliphatic carbocycles. The number of hydrogen-bond donors (Lipinski definition) is 3. The van der Waals surface area contributed by atoms with Gasteiger partial charge in [-0.2, -0.15) is 0 Å². The van der Waals surface area contributed by atoms with Crippen LogP contribution in [0.25, 0.3) is 0 Å². The molecule has 0 aromatic heterocycles. The van der Waals surface area contributed by atoms with Gasteiger partial charge in [0, 0.05) is 0 Å². The number of unbranched alkanes of at least 4 members (excludes halogenated alkanes) is 1. The summed E-state index contributed by atoms with van der Waals surface area (Å²) in [7, 11) is -3.59. The van der Waals surface area contributed by atoms with E-state index in [2.05, 4.69) is 10.0 Å². The number of aliphatic carboxylic acids is 1. The summed E-state index contributed by atoms with van der Waals surface area (Å²) in [5, 5.41) is 12.7. The van der Waals surface area contributed by atoms with Gasteiger partial charge in [-0.25, -0.2) is 13.1 Å². The minimum Gasteiger partial charge on any atom is -0.494 e. The molecule has 1 fully saturated rings. The highest BCUT2D eigenvalue weighted by molar-refractivity contribution is 7.89. The van der Waals surface area contributed by atoms with Crippen LogP contribution in [0.4, 0.5) is 0 Å². The molecule has 1 aliphatic heterocycles. The first-order valence-electron chi connectivity index (χ1n) is 10.5. The van der Waals surface area contributed by atoms with E-state index < -0.39 is 22.0 Å². The predicted molar refractivity (Wildman–Crippen MR) is 114 cm³/mol. The lowest BCUT2D eigenvalue weighted by molar-refractivity contribution is -0.138. The zero-order valence-electron chi connectivity index (χ0n) is 17.2. The van der Waals surface area contributed by atoms with Crippen LogP contribution in [0.5, 0.6) is 5.75 Å². The van der Waals surface area contributed by atoms with Crippen molar-refractivity contribution >= 4 is 16.0 Å². The first-order valence-corrected chi connectivity index (χ1v) is 12.2. The second-order valence-corrected chi connectivity index (χ2v) is 9.59. The molecule has 1 aromatic rings. The molecule has 1 aromatic carbocycles. The van der Waals surface area contributed by atoms with Crippen molar-refractivity contribution in [2.24, 2.45) is 5.92 Å². The highest BCUT2D eigenvalue weighted by atomic mass is 32.2. The van der Waals surface area contributed by atoms with Gasteiger partial charge in [0.05, 0.1) is 12.4 Å². The maximum atomic E-state index is 11.9. The van der Waals surface area contributed by atoms with Crippen molar-refractivity contribution in [2.75, 3.05) is 25.4 Å². The quantitative estimate of drug-likeness (QED) is 0.419. The second-order valence-electron chi connectivity index (χ2n) is 7.71. The number of piperidine rings is 1. The van der Waals surface area contributed by atoms with Crippen molar-refractivity contribution in [3.63, 3.8) is 0 Å². The van der Waals surface area contributed by atoms with Crippen molar-refractivity contribution in [3.8, 4) is 5.75 Å². The summed E-state index contributed by atoms with van der Waals surface area (Å²) in [4.78, 5) is 11.4. The van der Waals surface area contributed by atoms with Gasteiger partial charge >= 0.3 is 5.97 Å². The Hall–Kier alpha value is -1.64. The molecular weight excluding hydrogens is 392 g/mol. The summed E-state index contributed by atoms with van der Waals surface area (Å²) in [6.07, 6.45) is 6.52. The minimum absolute atomic E-state index is 0.0821. The van der Waals surface area contributed by atoms with Gasteiger partial charge in [-0.05, 0) is 75.2 Å². The Morgan fingerprint density at radius 1 is 1.24 bits per heavy atom. The molecule has 0 amide bonds. The van der Waals surface area contributed by atoms with E-state index >= 15 is 0 Å². The Labute approximate surface area is 174 Å². The van der Waals surface area contributed by atoms with Gasteiger partial charge in [0.2, 0.25) is 10.0 Å². The monoisotopic (exact) mass is 426 g/mol. The number of rotatable bonds is 13. The third-order valence-electron chi connectivity index (χ3n) is 5.19. The zero-order chi connectivity index (χ0) is 21.1. The molecular formula is C21H34N2O5S. The van der Waals surface area contributed by atoms with Crippen molar-refractivity contribution < 1.29 is 23.1 Å². The third kappa shape index (κ3) is 9.14. The molecule has 164 valence electrons. The van der Waals surface area contributed by atoms with Gasteiger partial charge in [-0.3, -0.25) is 4.79 Å². The van der Waals surface area contributed by atoms with Gasteiger partial charge in [0.25, 0.3) is 0 Å². The van der Waals surface area contributed by atoms with Crippen molar-refractivity contribution in [1.29, 1.82) is 0 Å². The van der Waals surface area contributed by atoms with Gasteiger partial charge in [0.15, 0.2) is 0 Å². The standard InChI is InChI=1S/C21H34N2O5S/c1-2-15-29(26,27)23-20(21(24)25)16-18-6-8-19(9-7-18)28-14-4-3-5-17-10-12-22-13-11-17/h6-9,17,20,22-23H,2-5,10-16H2,1H3,(H,24,25)/t20-/m1/s1. The van der Waals surface area contributed by atoms with Crippen LogP contribution in [-0.4, -0.2) is 51.0 Å². The molecule has 0 saturated carbocycles. The largest absolute Gasteiger partial charge is 0.494 e. The minimum atomic E-state index is -3.59. The van der Waals surface area contributed by atoms with Gasteiger partial charge in [-0.1, -0.05) is 25.5 Å². The third-order valence-corrected chi connectivity index (χ3v) is 6.78. The van der Waals surface area contributed by atoms with Crippen LogP contribution in [0.15, 0.2) is 24.3 Å². The Morgan fingerprint density at radius 3 is 2.55 bits per heavy atom. The molecule has 1 atom stereocenters. The smallest absolute Gasteiger partial charge is 0.322 e. The van der Waals surface area contributed by atoms with E-state index in [4.69, 9.17) is 4.74 Å². The topological polar surface area (TPSA) is 105 Å². The average Bonchev–Trinajstić information content (AvgIpc) is 2.69. The Kier molecular flexibility index (Phi) is 9.90. The molecule has 3 N–H and O–H groups in total. The number of nitrogens with one attached hydrogen (secondary N) is 2. The molecule has 1 saturated heterocycles. The summed E-state index contributed by atoms with van der Waals surface area (Å²) < 4.78 is 31.8. The Balaban J connectivity index is 1.74. The Morgan fingerprint density at radius 2 is 1.93 bits per heavy atom. The van der Waals surface area contributed by atoms with E-state index in [0.29, 0.717) is 13.0 Å². The van der Waals surface area contributed by atoms with Crippen molar-refractivity contribution in [3.05, 3.63) is 29.8 Å². The van der Waals surface area contributed by atoms with Gasteiger partial charge < -0.3 is 15.2 Å². The average molecular weight is 427 g/mol. The second kappa shape index (κ2) is 12.1.